The zero-order valence-electron chi connectivity index (χ0n) is 21.7. The van der Waals surface area contributed by atoms with Crippen molar-refractivity contribution < 1.29 is 23.8 Å². The standard InChI is InChI=1S/C29H32Cl2N2O5/c1-4-13-32-29(35)27(14-20-9-6-5-7-10-20)33(18-24-25(30)11-8-12-26(24)31)28(34)19-38-23-16-21(36-2)15-22(17-23)37-3/h5-12,15-17,27H,4,13-14,18-19H2,1-3H3,(H,32,35). The maximum atomic E-state index is 13.7. The van der Waals surface area contributed by atoms with Crippen LogP contribution in [0.15, 0.2) is 66.7 Å². The lowest BCUT2D eigenvalue weighted by Gasteiger charge is -2.32. The molecule has 1 N–H and O–H groups in total. The summed E-state index contributed by atoms with van der Waals surface area (Å²) in [7, 11) is 3.06. The molecule has 202 valence electrons. The van der Waals surface area contributed by atoms with Crippen LogP contribution < -0.4 is 19.5 Å². The fraction of sp³-hybridized carbons (Fsp3) is 0.310. The van der Waals surface area contributed by atoms with Crippen molar-refractivity contribution in [3.63, 3.8) is 0 Å². The summed E-state index contributed by atoms with van der Waals surface area (Å²) in [5.41, 5.74) is 1.46. The van der Waals surface area contributed by atoms with E-state index in [9.17, 15) is 9.59 Å². The minimum absolute atomic E-state index is 0.0270. The molecule has 3 aromatic rings. The van der Waals surface area contributed by atoms with Gasteiger partial charge in [0.05, 0.1) is 14.2 Å². The summed E-state index contributed by atoms with van der Waals surface area (Å²) in [6, 6.07) is 18.9. The molecule has 7 nitrogen and oxygen atoms in total. The van der Waals surface area contributed by atoms with Gasteiger partial charge in [0.2, 0.25) is 5.91 Å². The highest BCUT2D eigenvalue weighted by atomic mass is 35.5. The van der Waals surface area contributed by atoms with E-state index in [0.29, 0.717) is 45.8 Å². The molecular formula is C29H32Cl2N2O5. The van der Waals surface area contributed by atoms with Gasteiger partial charge in [0, 0.05) is 53.3 Å². The van der Waals surface area contributed by atoms with Crippen LogP contribution in [0.1, 0.15) is 24.5 Å². The quantitative estimate of drug-likeness (QED) is 0.297. The van der Waals surface area contributed by atoms with E-state index in [2.05, 4.69) is 5.32 Å². The number of nitrogens with zero attached hydrogens (tertiary/aromatic N) is 1. The highest BCUT2D eigenvalue weighted by Crippen LogP contribution is 2.29. The van der Waals surface area contributed by atoms with Crippen molar-refractivity contribution in [3.8, 4) is 17.2 Å². The largest absolute Gasteiger partial charge is 0.496 e. The van der Waals surface area contributed by atoms with E-state index in [0.717, 1.165) is 12.0 Å². The monoisotopic (exact) mass is 558 g/mol. The first kappa shape index (κ1) is 29.1. The van der Waals surface area contributed by atoms with Gasteiger partial charge in [0.25, 0.3) is 5.91 Å². The lowest BCUT2D eigenvalue weighted by atomic mass is 10.0. The van der Waals surface area contributed by atoms with Crippen LogP contribution in [0, 0.1) is 0 Å². The van der Waals surface area contributed by atoms with Crippen molar-refractivity contribution in [2.75, 3.05) is 27.4 Å². The van der Waals surface area contributed by atoms with Crippen LogP contribution in [0.25, 0.3) is 0 Å². The van der Waals surface area contributed by atoms with Gasteiger partial charge in [-0.25, -0.2) is 0 Å². The number of ether oxygens (including phenoxy) is 3. The molecule has 3 aromatic carbocycles. The number of halogens is 2. The number of rotatable bonds is 13. The van der Waals surface area contributed by atoms with Gasteiger partial charge in [0.15, 0.2) is 6.61 Å². The molecule has 0 aliphatic carbocycles. The van der Waals surface area contributed by atoms with E-state index < -0.39 is 11.9 Å². The van der Waals surface area contributed by atoms with Crippen molar-refractivity contribution >= 4 is 35.0 Å². The van der Waals surface area contributed by atoms with Gasteiger partial charge >= 0.3 is 0 Å². The van der Waals surface area contributed by atoms with Crippen LogP contribution in [0.3, 0.4) is 0 Å². The third-order valence-electron chi connectivity index (χ3n) is 5.90. The molecule has 2 amide bonds. The van der Waals surface area contributed by atoms with E-state index in [1.54, 1.807) is 36.4 Å². The number of amides is 2. The second kappa shape index (κ2) is 14.5. The summed E-state index contributed by atoms with van der Waals surface area (Å²) < 4.78 is 16.4. The highest BCUT2D eigenvalue weighted by molar-refractivity contribution is 6.36. The number of carbonyl (C=O) groups is 2. The van der Waals surface area contributed by atoms with Crippen LogP contribution in [0.4, 0.5) is 0 Å². The Kier molecular flexibility index (Phi) is 11.1. The van der Waals surface area contributed by atoms with Crippen molar-refractivity contribution in [1.29, 1.82) is 0 Å². The summed E-state index contributed by atoms with van der Waals surface area (Å²) in [4.78, 5) is 28.6. The van der Waals surface area contributed by atoms with Gasteiger partial charge in [-0.05, 0) is 24.1 Å². The number of carbonyl (C=O) groups excluding carboxylic acids is 2. The molecule has 1 atom stereocenters. The summed E-state index contributed by atoms with van der Waals surface area (Å²) in [6.07, 6.45) is 1.06. The van der Waals surface area contributed by atoms with Gasteiger partial charge in [0.1, 0.15) is 23.3 Å². The average Bonchev–Trinajstić information content (AvgIpc) is 2.93. The second-order valence-corrected chi connectivity index (χ2v) is 9.37. The van der Waals surface area contributed by atoms with Gasteiger partial charge in [-0.3, -0.25) is 9.59 Å². The number of nitrogens with one attached hydrogen (secondary N) is 1. The van der Waals surface area contributed by atoms with Crippen LogP contribution in [0.2, 0.25) is 10.0 Å². The van der Waals surface area contributed by atoms with Crippen LogP contribution in [-0.2, 0) is 22.6 Å². The predicted octanol–water partition coefficient (Wildman–Crippen LogP) is 5.56. The Morgan fingerprint density at radius 2 is 1.50 bits per heavy atom. The molecule has 0 aliphatic heterocycles. The lowest BCUT2D eigenvalue weighted by molar-refractivity contribution is -0.142. The van der Waals surface area contributed by atoms with E-state index >= 15 is 0 Å². The second-order valence-electron chi connectivity index (χ2n) is 8.56. The first-order valence-electron chi connectivity index (χ1n) is 12.3. The highest BCUT2D eigenvalue weighted by Gasteiger charge is 2.31. The average molecular weight is 559 g/mol. The number of hydrogen-bond donors (Lipinski definition) is 1. The van der Waals surface area contributed by atoms with Crippen molar-refractivity contribution in [2.45, 2.75) is 32.4 Å². The lowest BCUT2D eigenvalue weighted by Crippen LogP contribution is -2.51. The van der Waals surface area contributed by atoms with Crippen LogP contribution in [0.5, 0.6) is 17.2 Å². The normalized spacial score (nSPS) is 11.4. The van der Waals surface area contributed by atoms with E-state index in [-0.39, 0.29) is 19.1 Å². The maximum Gasteiger partial charge on any atom is 0.261 e. The number of methoxy groups -OCH3 is 2. The predicted molar refractivity (Wildman–Crippen MR) is 149 cm³/mol. The fourth-order valence-corrected chi connectivity index (χ4v) is 4.38. The molecule has 3 rings (SSSR count). The van der Waals surface area contributed by atoms with Gasteiger partial charge in [-0.1, -0.05) is 66.5 Å². The minimum Gasteiger partial charge on any atom is -0.496 e. The Labute approximate surface area is 233 Å². The summed E-state index contributed by atoms with van der Waals surface area (Å²) in [5, 5.41) is 3.74. The van der Waals surface area contributed by atoms with Crippen LogP contribution in [-0.4, -0.2) is 50.1 Å². The molecule has 9 heteroatoms. The molecule has 0 heterocycles. The Bertz CT molecular complexity index is 1180. The SMILES string of the molecule is CCCNC(=O)C(Cc1ccccc1)N(Cc1c(Cl)cccc1Cl)C(=O)COc1cc(OC)cc(OC)c1. The zero-order valence-corrected chi connectivity index (χ0v) is 23.2. The number of hydrogen-bond acceptors (Lipinski definition) is 5. The van der Waals surface area contributed by atoms with Gasteiger partial charge in [-0.15, -0.1) is 0 Å². The molecule has 0 bridgehead atoms. The van der Waals surface area contributed by atoms with Crippen molar-refractivity contribution in [3.05, 3.63) is 87.9 Å². The van der Waals surface area contributed by atoms with Crippen molar-refractivity contribution in [1.82, 2.24) is 10.2 Å². The molecule has 0 aliphatic rings. The third kappa shape index (κ3) is 8.04. The fourth-order valence-electron chi connectivity index (χ4n) is 3.87. The Balaban J connectivity index is 1.95. The molecule has 0 radical (unpaired) electrons. The first-order valence-corrected chi connectivity index (χ1v) is 13.0. The van der Waals surface area contributed by atoms with E-state index in [1.165, 1.54) is 19.1 Å². The smallest absolute Gasteiger partial charge is 0.261 e. The van der Waals surface area contributed by atoms with Crippen LogP contribution >= 0.6 is 23.2 Å². The molecule has 0 aromatic heterocycles. The molecule has 0 spiro atoms. The molecule has 0 fully saturated rings. The van der Waals surface area contributed by atoms with E-state index in [4.69, 9.17) is 37.4 Å². The molecule has 0 saturated carbocycles. The Morgan fingerprint density at radius 3 is 2.08 bits per heavy atom. The first-order chi connectivity index (χ1) is 18.4. The Morgan fingerprint density at radius 1 is 0.895 bits per heavy atom. The van der Waals surface area contributed by atoms with Gasteiger partial charge < -0.3 is 24.4 Å². The zero-order chi connectivity index (χ0) is 27.5. The molecule has 1 unspecified atom stereocenters. The summed E-state index contributed by atoms with van der Waals surface area (Å²) in [5.74, 6) is 0.755. The summed E-state index contributed by atoms with van der Waals surface area (Å²) in [6.45, 7) is 2.15. The third-order valence-corrected chi connectivity index (χ3v) is 6.61. The topological polar surface area (TPSA) is 77.1 Å². The minimum atomic E-state index is -0.827. The van der Waals surface area contributed by atoms with E-state index in [1.807, 2.05) is 37.3 Å². The molecule has 0 saturated heterocycles. The maximum absolute atomic E-state index is 13.7. The Hall–Kier alpha value is -3.42. The summed E-state index contributed by atoms with van der Waals surface area (Å²) >= 11 is 12.9. The van der Waals surface area contributed by atoms with Crippen molar-refractivity contribution in [2.24, 2.45) is 0 Å². The molecule has 38 heavy (non-hydrogen) atoms. The molecular weight excluding hydrogens is 527 g/mol. The number of benzene rings is 3. The van der Waals surface area contributed by atoms with Gasteiger partial charge in [-0.2, -0.15) is 0 Å².